The molecular weight excluding hydrogens is 394 g/mol. The van der Waals surface area contributed by atoms with Gasteiger partial charge in [0.05, 0.1) is 5.75 Å². The Bertz CT molecular complexity index is 876. The molecule has 140 valence electrons. The molecule has 1 aliphatic rings. The van der Waals surface area contributed by atoms with Crippen molar-refractivity contribution in [1.82, 2.24) is 14.2 Å². The van der Waals surface area contributed by atoms with E-state index in [2.05, 4.69) is 4.98 Å². The van der Waals surface area contributed by atoms with Gasteiger partial charge in [-0.3, -0.25) is 4.79 Å². The highest BCUT2D eigenvalue weighted by atomic mass is 35.5. The molecule has 0 unspecified atom stereocenters. The van der Waals surface area contributed by atoms with Gasteiger partial charge in [-0.15, -0.1) is 11.3 Å². The molecule has 0 aliphatic carbocycles. The quantitative estimate of drug-likeness (QED) is 0.755. The summed E-state index contributed by atoms with van der Waals surface area (Å²) in [6.45, 7) is 3.14. The fraction of sp³-hybridized carbons (Fsp3) is 0.412. The van der Waals surface area contributed by atoms with E-state index in [9.17, 15) is 13.2 Å². The van der Waals surface area contributed by atoms with Gasteiger partial charge in [0, 0.05) is 31.7 Å². The fourth-order valence-corrected chi connectivity index (χ4v) is 5.47. The Morgan fingerprint density at radius 1 is 1.19 bits per heavy atom. The van der Waals surface area contributed by atoms with Crippen LogP contribution in [0.15, 0.2) is 30.3 Å². The van der Waals surface area contributed by atoms with Crippen LogP contribution in [0.25, 0.3) is 10.6 Å². The van der Waals surface area contributed by atoms with Gasteiger partial charge in [-0.05, 0) is 6.42 Å². The molecule has 3 rings (SSSR count). The number of amides is 1. The first-order valence-corrected chi connectivity index (χ1v) is 11.2. The third kappa shape index (κ3) is 4.09. The Hall–Kier alpha value is -1.48. The lowest BCUT2D eigenvalue weighted by Crippen LogP contribution is -2.51. The number of aromatic nitrogens is 1. The Kier molecular flexibility index (Phi) is 5.96. The molecule has 0 saturated carbocycles. The Labute approximate surface area is 162 Å². The molecule has 0 radical (unpaired) electrons. The van der Waals surface area contributed by atoms with Gasteiger partial charge in [-0.25, -0.2) is 13.4 Å². The van der Waals surface area contributed by atoms with Gasteiger partial charge in [-0.2, -0.15) is 4.31 Å². The zero-order valence-corrected chi connectivity index (χ0v) is 16.8. The molecule has 9 heteroatoms. The number of halogens is 1. The van der Waals surface area contributed by atoms with Gasteiger partial charge < -0.3 is 4.90 Å². The average molecular weight is 414 g/mol. The Morgan fingerprint density at radius 3 is 2.46 bits per heavy atom. The second kappa shape index (κ2) is 8.04. The van der Waals surface area contributed by atoms with Crippen LogP contribution in [0.1, 0.15) is 23.8 Å². The minimum absolute atomic E-state index is 0.138. The molecule has 1 aliphatic heterocycles. The number of carbonyl (C=O) groups excluding carboxylic acids is 1. The van der Waals surface area contributed by atoms with E-state index in [-0.39, 0.29) is 17.4 Å². The number of hydrogen-bond acceptors (Lipinski definition) is 5. The number of nitrogens with zero attached hydrogens (tertiary/aromatic N) is 3. The smallest absolute Gasteiger partial charge is 0.275 e. The SMILES string of the molecule is CCCS(=O)(=O)N1CCN(C(=O)c2nc(-c3ccccc3)sc2Cl)CC1. The van der Waals surface area contributed by atoms with Crippen LogP contribution in [-0.4, -0.2) is 60.4 Å². The van der Waals surface area contributed by atoms with E-state index in [0.29, 0.717) is 41.9 Å². The van der Waals surface area contributed by atoms with Crippen LogP contribution >= 0.6 is 22.9 Å². The maximum absolute atomic E-state index is 12.8. The normalized spacial score (nSPS) is 16.0. The molecule has 1 saturated heterocycles. The number of benzene rings is 1. The largest absolute Gasteiger partial charge is 0.335 e. The second-order valence-electron chi connectivity index (χ2n) is 6.01. The highest BCUT2D eigenvalue weighted by molar-refractivity contribution is 7.89. The number of piperazine rings is 1. The van der Waals surface area contributed by atoms with Gasteiger partial charge in [0.25, 0.3) is 5.91 Å². The predicted octanol–water partition coefficient (Wildman–Crippen LogP) is 2.96. The van der Waals surface area contributed by atoms with E-state index in [0.717, 1.165) is 5.56 Å². The van der Waals surface area contributed by atoms with Crippen LogP contribution < -0.4 is 0 Å². The van der Waals surface area contributed by atoms with E-state index in [1.807, 2.05) is 37.3 Å². The molecule has 2 heterocycles. The first-order valence-electron chi connectivity index (χ1n) is 8.41. The van der Waals surface area contributed by atoms with Crippen LogP contribution in [0.2, 0.25) is 4.34 Å². The van der Waals surface area contributed by atoms with Crippen LogP contribution in [0.3, 0.4) is 0 Å². The zero-order chi connectivity index (χ0) is 18.7. The van der Waals surface area contributed by atoms with Crippen molar-refractivity contribution in [3.05, 3.63) is 40.4 Å². The van der Waals surface area contributed by atoms with Gasteiger partial charge in [0.15, 0.2) is 5.69 Å². The van der Waals surface area contributed by atoms with Crippen LogP contribution in [0.4, 0.5) is 0 Å². The van der Waals surface area contributed by atoms with Crippen molar-refractivity contribution in [3.63, 3.8) is 0 Å². The summed E-state index contributed by atoms with van der Waals surface area (Å²) in [5.74, 6) is -0.111. The van der Waals surface area contributed by atoms with E-state index >= 15 is 0 Å². The highest BCUT2D eigenvalue weighted by Crippen LogP contribution is 2.32. The first-order chi connectivity index (χ1) is 12.4. The summed E-state index contributed by atoms with van der Waals surface area (Å²) >= 11 is 7.53. The van der Waals surface area contributed by atoms with Crippen molar-refractivity contribution in [2.75, 3.05) is 31.9 Å². The number of hydrogen-bond donors (Lipinski definition) is 0. The minimum atomic E-state index is -3.23. The molecule has 26 heavy (non-hydrogen) atoms. The highest BCUT2D eigenvalue weighted by Gasteiger charge is 2.30. The molecule has 0 atom stereocenters. The summed E-state index contributed by atoms with van der Waals surface area (Å²) in [5, 5.41) is 0.697. The molecule has 1 amide bonds. The average Bonchev–Trinajstić information content (AvgIpc) is 3.04. The van der Waals surface area contributed by atoms with Crippen LogP contribution in [-0.2, 0) is 10.0 Å². The minimum Gasteiger partial charge on any atom is -0.335 e. The standard InChI is InChI=1S/C17H20ClN3O3S2/c1-2-12-26(23,24)21-10-8-20(9-11-21)17(22)14-15(18)25-16(19-14)13-6-4-3-5-7-13/h3-7H,2,8-12H2,1H3. The molecular formula is C17H20ClN3O3S2. The van der Waals surface area contributed by atoms with Crippen molar-refractivity contribution < 1.29 is 13.2 Å². The van der Waals surface area contributed by atoms with Crippen LogP contribution in [0.5, 0.6) is 0 Å². The summed E-state index contributed by atoms with van der Waals surface area (Å²) in [6.07, 6.45) is 0.582. The van der Waals surface area contributed by atoms with Gasteiger partial charge in [-0.1, -0.05) is 48.9 Å². The molecule has 1 aromatic carbocycles. The van der Waals surface area contributed by atoms with Gasteiger partial charge in [0.1, 0.15) is 9.34 Å². The molecule has 6 nitrogen and oxygen atoms in total. The topological polar surface area (TPSA) is 70.6 Å². The first kappa shape index (κ1) is 19.3. The van der Waals surface area contributed by atoms with Crippen molar-refractivity contribution in [2.45, 2.75) is 13.3 Å². The van der Waals surface area contributed by atoms with E-state index in [1.165, 1.54) is 15.6 Å². The van der Waals surface area contributed by atoms with E-state index < -0.39 is 10.0 Å². The molecule has 0 bridgehead atoms. The van der Waals surface area contributed by atoms with Crippen molar-refractivity contribution in [3.8, 4) is 10.6 Å². The molecule has 0 spiro atoms. The third-order valence-electron chi connectivity index (χ3n) is 4.19. The fourth-order valence-electron chi connectivity index (χ4n) is 2.84. The lowest BCUT2D eigenvalue weighted by atomic mass is 10.2. The van der Waals surface area contributed by atoms with Gasteiger partial charge in [0.2, 0.25) is 10.0 Å². The zero-order valence-electron chi connectivity index (χ0n) is 14.4. The summed E-state index contributed by atoms with van der Waals surface area (Å²) in [7, 11) is -3.23. The van der Waals surface area contributed by atoms with E-state index in [4.69, 9.17) is 11.6 Å². The van der Waals surface area contributed by atoms with Crippen molar-refractivity contribution in [2.24, 2.45) is 0 Å². The Balaban J connectivity index is 1.71. The molecule has 1 aromatic heterocycles. The monoisotopic (exact) mass is 413 g/mol. The van der Waals surface area contributed by atoms with Crippen molar-refractivity contribution in [1.29, 1.82) is 0 Å². The molecule has 2 aromatic rings. The maximum Gasteiger partial charge on any atom is 0.275 e. The number of sulfonamides is 1. The maximum atomic E-state index is 12.8. The number of thiazole rings is 1. The van der Waals surface area contributed by atoms with Gasteiger partial charge >= 0.3 is 0 Å². The summed E-state index contributed by atoms with van der Waals surface area (Å²) in [6, 6.07) is 9.56. The number of rotatable bonds is 5. The third-order valence-corrected chi connectivity index (χ3v) is 7.57. The lowest BCUT2D eigenvalue weighted by Gasteiger charge is -2.33. The van der Waals surface area contributed by atoms with Crippen molar-refractivity contribution >= 4 is 38.9 Å². The molecule has 1 fully saturated rings. The predicted molar refractivity (Wildman–Crippen MR) is 104 cm³/mol. The summed E-state index contributed by atoms with van der Waals surface area (Å²) < 4.78 is 26.1. The summed E-state index contributed by atoms with van der Waals surface area (Å²) in [5.41, 5.74) is 1.15. The second-order valence-corrected chi connectivity index (χ2v) is 9.70. The Morgan fingerprint density at radius 2 is 1.85 bits per heavy atom. The summed E-state index contributed by atoms with van der Waals surface area (Å²) in [4.78, 5) is 18.8. The lowest BCUT2D eigenvalue weighted by molar-refractivity contribution is 0.0693. The number of carbonyl (C=O) groups is 1. The van der Waals surface area contributed by atoms with E-state index in [1.54, 1.807) is 4.90 Å². The molecule has 0 N–H and O–H groups in total. The van der Waals surface area contributed by atoms with Crippen LogP contribution in [0, 0.1) is 0 Å².